The standard InChI is InChI=1S/C23H25N9O3.C12H14N4O.C11H12ClN5O/c1-13-15(20(24)33)9-14(10-18(13)35-2)30-11-19(26-12-30)27-23-28-22(17-6-4-8-32(17)29-23)31-7-3-5-16(31)21(25)34;1-7-3-9(16-5-11(13)15-6-16)4-10(8(7)2)12(14)17;12-11-14-10(8-4-2-6-17(8)15-11)16-5-1-3-7(16)9(13)18/h4,6,8-12,16H,3,5,7H2,1-2H3,(H2,24,33)(H2,25,34)(H,27,29);3-6H,13H2,1-2H3,(H2,14,17);2,4,6-7H,1,3,5H2,(H2,13,18)/t16-;;7-/m0.0/s1. The number of primary amides is 4. The topological polar surface area (TPSA) is 322 Å². The van der Waals surface area contributed by atoms with Crippen LogP contribution in [0.25, 0.3) is 22.4 Å². The van der Waals surface area contributed by atoms with Crippen molar-refractivity contribution in [3.05, 3.63) is 119 Å². The normalized spacial score (nSPS) is 15.3. The summed E-state index contributed by atoms with van der Waals surface area (Å²) in [6, 6.07) is 14.0. The van der Waals surface area contributed by atoms with E-state index in [0.717, 1.165) is 53.7 Å². The summed E-state index contributed by atoms with van der Waals surface area (Å²) in [4.78, 5) is 67.7. The summed E-state index contributed by atoms with van der Waals surface area (Å²) in [7, 11) is 1.53. The van der Waals surface area contributed by atoms with Gasteiger partial charge in [0.05, 0.1) is 25.2 Å². The maximum Gasteiger partial charge on any atom is 0.249 e. The maximum absolute atomic E-state index is 12.0. The van der Waals surface area contributed by atoms with E-state index in [2.05, 4.69) is 35.5 Å². The number of imidazole rings is 2. The first-order valence-electron chi connectivity index (χ1n) is 22.0. The monoisotopic (exact) mass is 970 g/mol. The van der Waals surface area contributed by atoms with Gasteiger partial charge in [-0.05, 0) is 112 Å². The highest BCUT2D eigenvalue weighted by Gasteiger charge is 2.33. The van der Waals surface area contributed by atoms with Gasteiger partial charge in [-0.15, -0.1) is 10.2 Å². The number of methoxy groups -OCH3 is 1. The van der Waals surface area contributed by atoms with E-state index in [9.17, 15) is 19.2 Å². The number of nitrogens with one attached hydrogen (secondary N) is 1. The van der Waals surface area contributed by atoms with Crippen molar-refractivity contribution in [2.75, 3.05) is 41.0 Å². The molecule has 0 unspecified atom stereocenters. The van der Waals surface area contributed by atoms with Crippen LogP contribution in [0.1, 0.15) is 63.1 Å². The van der Waals surface area contributed by atoms with Gasteiger partial charge in [-0.3, -0.25) is 19.2 Å². The third-order valence-electron chi connectivity index (χ3n) is 12.2. The molecule has 2 fully saturated rings. The molecule has 23 nitrogen and oxygen atoms in total. The van der Waals surface area contributed by atoms with Gasteiger partial charge in [0.25, 0.3) is 0 Å². The molecule has 8 aromatic rings. The number of nitrogens with zero attached hydrogens (tertiary/aromatic N) is 12. The number of ether oxygens (including phenoxy) is 1. The first-order valence-corrected chi connectivity index (χ1v) is 22.4. The summed E-state index contributed by atoms with van der Waals surface area (Å²) in [5.41, 5.74) is 34.0. The van der Waals surface area contributed by atoms with Crippen molar-refractivity contribution < 1.29 is 23.9 Å². The van der Waals surface area contributed by atoms with Crippen molar-refractivity contribution in [2.45, 2.75) is 58.5 Å². The zero-order chi connectivity index (χ0) is 50.0. The van der Waals surface area contributed by atoms with E-state index in [1.807, 2.05) is 60.2 Å². The van der Waals surface area contributed by atoms with Crippen LogP contribution in [0.15, 0.2) is 86.0 Å². The van der Waals surface area contributed by atoms with Crippen LogP contribution in [0.5, 0.6) is 5.75 Å². The molecule has 24 heteroatoms. The molecule has 2 aromatic carbocycles. The van der Waals surface area contributed by atoms with Crippen LogP contribution in [0.3, 0.4) is 0 Å². The molecule has 0 spiro atoms. The second kappa shape index (κ2) is 19.9. The minimum absolute atomic E-state index is 0.156. The van der Waals surface area contributed by atoms with Crippen LogP contribution in [-0.4, -0.2) is 104 Å². The zero-order valence-corrected chi connectivity index (χ0v) is 39.4. The van der Waals surface area contributed by atoms with E-state index in [0.29, 0.717) is 70.3 Å². The lowest BCUT2D eigenvalue weighted by Gasteiger charge is -2.24. The Hall–Kier alpha value is -8.73. The molecule has 8 heterocycles. The Morgan fingerprint density at radius 1 is 0.714 bits per heavy atom. The molecule has 2 saturated heterocycles. The molecule has 2 atom stereocenters. The lowest BCUT2D eigenvalue weighted by atomic mass is 10.0. The SMILES string of the molecule is COc1cc(-n2cnc(Nc3nc(N4CCC[C@H]4C(N)=O)c4cccn4n3)c2)cc(C(N)=O)c1C.Cc1cc(-n2cnc(N)c2)cc(C(N)=O)c1C.NC(=O)[C@@H]1CCCN1c1nc(Cl)nn2cccc12. The second-order valence-electron chi connectivity index (χ2n) is 16.6. The van der Waals surface area contributed by atoms with Crippen LogP contribution in [0.2, 0.25) is 5.28 Å². The van der Waals surface area contributed by atoms with E-state index < -0.39 is 17.9 Å². The van der Waals surface area contributed by atoms with E-state index in [-0.39, 0.29) is 23.1 Å². The lowest BCUT2D eigenvalue weighted by molar-refractivity contribution is -0.119. The lowest BCUT2D eigenvalue weighted by Crippen LogP contribution is -2.41. The van der Waals surface area contributed by atoms with Crippen LogP contribution < -0.4 is 48.5 Å². The van der Waals surface area contributed by atoms with Gasteiger partial charge in [0.1, 0.15) is 47.3 Å². The predicted molar refractivity (Wildman–Crippen MR) is 263 cm³/mol. The first-order chi connectivity index (χ1) is 33.5. The number of rotatable bonds is 11. The number of carbonyl (C=O) groups is 4. The molecule has 0 bridgehead atoms. The Morgan fingerprint density at radius 2 is 1.26 bits per heavy atom. The van der Waals surface area contributed by atoms with Crippen molar-refractivity contribution in [1.82, 2.24) is 48.3 Å². The van der Waals surface area contributed by atoms with Crippen molar-refractivity contribution in [3.63, 3.8) is 0 Å². The highest BCUT2D eigenvalue weighted by molar-refractivity contribution is 6.28. The van der Waals surface area contributed by atoms with Gasteiger partial charge in [-0.25, -0.2) is 19.0 Å². The number of halogens is 1. The van der Waals surface area contributed by atoms with Crippen molar-refractivity contribution in [2.24, 2.45) is 22.9 Å². The predicted octanol–water partition coefficient (Wildman–Crippen LogP) is 3.54. The molecule has 2 aliphatic rings. The van der Waals surface area contributed by atoms with E-state index in [4.69, 9.17) is 45.0 Å². The number of amides is 4. The number of hydrogen-bond acceptors (Lipinski definition) is 15. The average molecular weight is 971 g/mol. The molecule has 11 N–H and O–H groups in total. The van der Waals surface area contributed by atoms with Gasteiger partial charge < -0.3 is 57.7 Å². The number of nitrogens with two attached hydrogens (primary N) is 5. The Bertz CT molecular complexity index is 3290. The number of nitrogen functional groups attached to an aromatic ring is 1. The number of hydrogen-bond donors (Lipinski definition) is 6. The Kier molecular flexibility index (Phi) is 13.5. The van der Waals surface area contributed by atoms with Gasteiger partial charge in [-0.2, -0.15) is 9.97 Å². The van der Waals surface area contributed by atoms with E-state index in [1.54, 1.807) is 74.5 Å². The number of fused-ring (bicyclic) bond motifs is 2. The Balaban J connectivity index is 0.000000157. The molecule has 6 aromatic heterocycles. The summed E-state index contributed by atoms with van der Waals surface area (Å²) in [5, 5.41) is 11.9. The van der Waals surface area contributed by atoms with E-state index >= 15 is 0 Å². The Labute approximate surface area is 405 Å². The third kappa shape index (κ3) is 9.80. The highest BCUT2D eigenvalue weighted by atomic mass is 35.5. The summed E-state index contributed by atoms with van der Waals surface area (Å²) >= 11 is 5.90. The summed E-state index contributed by atoms with van der Waals surface area (Å²) < 4.78 is 12.2. The average Bonchev–Trinajstić information content (AvgIpc) is 4.19. The number of carbonyl (C=O) groups excluding carboxylic acids is 4. The molecule has 362 valence electrons. The van der Waals surface area contributed by atoms with Gasteiger partial charge in [0, 0.05) is 53.9 Å². The molecule has 4 amide bonds. The maximum atomic E-state index is 12.0. The zero-order valence-electron chi connectivity index (χ0n) is 38.7. The fraction of sp³-hybridized carbons (Fsp3) is 0.261. The second-order valence-corrected chi connectivity index (χ2v) is 17.0. The van der Waals surface area contributed by atoms with Crippen LogP contribution in [0.4, 0.5) is 29.2 Å². The summed E-state index contributed by atoms with van der Waals surface area (Å²) in [5.74, 6) is 1.39. The van der Waals surface area contributed by atoms with Crippen LogP contribution >= 0.6 is 11.6 Å². The van der Waals surface area contributed by atoms with Gasteiger partial charge in [0.2, 0.25) is 34.9 Å². The van der Waals surface area contributed by atoms with Crippen molar-refractivity contribution >= 4 is 75.5 Å². The van der Waals surface area contributed by atoms with Crippen LogP contribution in [0, 0.1) is 20.8 Å². The molecule has 0 aliphatic carbocycles. The molecule has 0 radical (unpaired) electrons. The number of anilines is 5. The molecule has 2 aliphatic heterocycles. The molecular weight excluding hydrogens is 920 g/mol. The smallest absolute Gasteiger partial charge is 0.249 e. The van der Waals surface area contributed by atoms with Crippen molar-refractivity contribution in [3.8, 4) is 17.1 Å². The fourth-order valence-corrected chi connectivity index (χ4v) is 8.74. The Morgan fingerprint density at radius 3 is 1.81 bits per heavy atom. The minimum Gasteiger partial charge on any atom is -0.496 e. The highest BCUT2D eigenvalue weighted by Crippen LogP contribution is 2.31. The summed E-state index contributed by atoms with van der Waals surface area (Å²) in [6.45, 7) is 7.02. The quantitative estimate of drug-likeness (QED) is 0.108. The van der Waals surface area contributed by atoms with Gasteiger partial charge in [-0.1, -0.05) is 0 Å². The van der Waals surface area contributed by atoms with Crippen molar-refractivity contribution in [1.29, 1.82) is 0 Å². The summed E-state index contributed by atoms with van der Waals surface area (Å²) in [6.07, 6.45) is 13.4. The minimum atomic E-state index is -0.543. The largest absolute Gasteiger partial charge is 0.496 e. The third-order valence-corrected chi connectivity index (χ3v) is 12.4. The molecule has 0 saturated carbocycles. The molecule has 70 heavy (non-hydrogen) atoms. The first kappa shape index (κ1) is 47.8. The number of aromatic nitrogens is 10. The fourth-order valence-electron chi connectivity index (χ4n) is 8.58. The van der Waals surface area contributed by atoms with Gasteiger partial charge in [0.15, 0.2) is 17.5 Å². The number of benzene rings is 2. The molecule has 10 rings (SSSR count). The molecular formula is C46H51ClN18O5. The number of aryl methyl sites for hydroxylation is 1. The van der Waals surface area contributed by atoms with E-state index in [1.165, 1.54) is 7.11 Å². The van der Waals surface area contributed by atoms with Crippen LogP contribution in [-0.2, 0) is 9.59 Å². The van der Waals surface area contributed by atoms with Gasteiger partial charge >= 0.3 is 0 Å².